The highest BCUT2D eigenvalue weighted by atomic mass is 35.5. The fourth-order valence-electron chi connectivity index (χ4n) is 3.43. The first kappa shape index (κ1) is 21.5. The van der Waals surface area contributed by atoms with Gasteiger partial charge in [0.25, 0.3) is 5.91 Å². The van der Waals surface area contributed by atoms with E-state index >= 15 is 0 Å². The van der Waals surface area contributed by atoms with Crippen molar-refractivity contribution < 1.29 is 18.7 Å². The van der Waals surface area contributed by atoms with E-state index in [9.17, 15) is 14.0 Å². The van der Waals surface area contributed by atoms with Crippen molar-refractivity contribution in [3.8, 4) is 0 Å². The molecule has 2 amide bonds. The first-order valence-electron chi connectivity index (χ1n) is 9.78. The minimum Gasteiger partial charge on any atom is -0.443 e. The number of carbonyl (C=O) groups is 2. The number of hydrogen-bond donors (Lipinski definition) is 1. The lowest BCUT2D eigenvalue weighted by Crippen LogP contribution is -2.41. The summed E-state index contributed by atoms with van der Waals surface area (Å²) in [4.78, 5) is 24.8. The molecule has 1 N–H and O–H groups in total. The maximum absolute atomic E-state index is 13.4. The quantitative estimate of drug-likeness (QED) is 0.596. The summed E-state index contributed by atoms with van der Waals surface area (Å²) in [7, 11) is 0. The Morgan fingerprint density at radius 1 is 1.06 bits per heavy atom. The Morgan fingerprint density at radius 2 is 1.78 bits per heavy atom. The largest absolute Gasteiger partial charge is 0.443 e. The number of carbonyl (C=O) groups excluding carboxylic acids is 2. The van der Waals surface area contributed by atoms with Crippen LogP contribution in [0.3, 0.4) is 0 Å². The van der Waals surface area contributed by atoms with Gasteiger partial charge in [-0.3, -0.25) is 9.59 Å². The first-order valence-corrected chi connectivity index (χ1v) is 10.2. The summed E-state index contributed by atoms with van der Waals surface area (Å²) in [5, 5.41) is 8.84. The number of nitrogens with zero attached hydrogens (tertiary/aromatic N) is 2. The molecule has 32 heavy (non-hydrogen) atoms. The van der Waals surface area contributed by atoms with Crippen LogP contribution in [-0.2, 0) is 15.3 Å². The van der Waals surface area contributed by atoms with Crippen molar-refractivity contribution in [1.82, 2.24) is 5.01 Å². The number of amides is 2. The SMILES string of the molecule is CC(=O)N1N=C(c2cccc(NC(=O)c3cccc(Cl)c3)c2)O[C@@]1(C)c1ccc(F)cc1. The van der Waals surface area contributed by atoms with Gasteiger partial charge in [0, 0.05) is 41.2 Å². The van der Waals surface area contributed by atoms with E-state index in [2.05, 4.69) is 10.4 Å². The average molecular weight is 452 g/mol. The van der Waals surface area contributed by atoms with Gasteiger partial charge in [0.1, 0.15) is 5.82 Å². The molecular formula is C24H19ClFN3O3. The second kappa shape index (κ2) is 8.43. The number of ether oxygens (including phenoxy) is 1. The number of hydrazone groups is 1. The van der Waals surface area contributed by atoms with Gasteiger partial charge in [-0.05, 0) is 48.5 Å². The molecular weight excluding hydrogens is 433 g/mol. The van der Waals surface area contributed by atoms with Crippen LogP contribution in [0, 0.1) is 5.82 Å². The summed E-state index contributed by atoms with van der Waals surface area (Å²) >= 11 is 5.96. The fraction of sp³-hybridized carbons (Fsp3) is 0.125. The third-order valence-corrected chi connectivity index (χ3v) is 5.26. The van der Waals surface area contributed by atoms with Gasteiger partial charge >= 0.3 is 0 Å². The van der Waals surface area contributed by atoms with Gasteiger partial charge in [-0.25, -0.2) is 4.39 Å². The van der Waals surface area contributed by atoms with E-state index in [1.807, 2.05) is 0 Å². The molecule has 1 aliphatic rings. The highest BCUT2D eigenvalue weighted by molar-refractivity contribution is 6.31. The molecule has 1 atom stereocenters. The molecule has 0 unspecified atom stereocenters. The number of nitrogens with one attached hydrogen (secondary N) is 1. The van der Waals surface area contributed by atoms with E-state index in [0.717, 1.165) is 0 Å². The van der Waals surface area contributed by atoms with Crippen molar-refractivity contribution in [1.29, 1.82) is 0 Å². The monoisotopic (exact) mass is 451 g/mol. The van der Waals surface area contributed by atoms with Crippen molar-refractivity contribution in [3.63, 3.8) is 0 Å². The van der Waals surface area contributed by atoms with Crippen molar-refractivity contribution in [2.45, 2.75) is 19.6 Å². The predicted molar refractivity (Wildman–Crippen MR) is 120 cm³/mol. The minimum absolute atomic E-state index is 0.200. The Morgan fingerprint density at radius 3 is 2.47 bits per heavy atom. The van der Waals surface area contributed by atoms with E-state index in [1.165, 1.54) is 24.1 Å². The molecule has 4 rings (SSSR count). The summed E-state index contributed by atoms with van der Waals surface area (Å²) in [6.07, 6.45) is 0. The van der Waals surface area contributed by atoms with Crippen LogP contribution in [-0.4, -0.2) is 22.7 Å². The van der Waals surface area contributed by atoms with E-state index in [0.29, 0.717) is 27.4 Å². The molecule has 3 aromatic rings. The van der Waals surface area contributed by atoms with Crippen LogP contribution in [0.1, 0.15) is 35.3 Å². The molecule has 3 aromatic carbocycles. The smallest absolute Gasteiger partial charge is 0.255 e. The molecule has 1 heterocycles. The van der Waals surface area contributed by atoms with Crippen LogP contribution in [0.2, 0.25) is 5.02 Å². The predicted octanol–water partition coefficient (Wildman–Crippen LogP) is 5.14. The van der Waals surface area contributed by atoms with Gasteiger partial charge in [-0.1, -0.05) is 35.9 Å². The van der Waals surface area contributed by atoms with Crippen LogP contribution < -0.4 is 5.32 Å². The third-order valence-electron chi connectivity index (χ3n) is 5.02. The Balaban J connectivity index is 1.61. The third kappa shape index (κ3) is 4.20. The standard InChI is InChI=1S/C24H19ClFN3O3/c1-15(30)29-24(2,18-9-11-20(26)12-10-18)32-23(28-29)17-6-4-8-21(14-17)27-22(31)16-5-3-7-19(25)13-16/h3-14H,1-2H3,(H,27,31)/t24-/m0/s1. The van der Waals surface area contributed by atoms with E-state index in [4.69, 9.17) is 16.3 Å². The number of hydrogen-bond acceptors (Lipinski definition) is 4. The number of anilines is 1. The summed E-state index contributed by atoms with van der Waals surface area (Å²) in [6.45, 7) is 3.06. The molecule has 0 spiro atoms. The van der Waals surface area contributed by atoms with Crippen molar-refractivity contribution >= 4 is 35.0 Å². The molecule has 0 bridgehead atoms. The molecule has 1 aliphatic heterocycles. The zero-order chi connectivity index (χ0) is 22.9. The van der Waals surface area contributed by atoms with Crippen LogP contribution in [0.4, 0.5) is 10.1 Å². The lowest BCUT2D eigenvalue weighted by atomic mass is 10.0. The first-order chi connectivity index (χ1) is 15.3. The van der Waals surface area contributed by atoms with Crippen LogP contribution >= 0.6 is 11.6 Å². The van der Waals surface area contributed by atoms with Crippen molar-refractivity contribution in [2.75, 3.05) is 5.32 Å². The molecule has 0 radical (unpaired) electrons. The fourth-order valence-corrected chi connectivity index (χ4v) is 3.62. The Bertz CT molecular complexity index is 1230. The maximum Gasteiger partial charge on any atom is 0.255 e. The van der Waals surface area contributed by atoms with E-state index in [1.54, 1.807) is 67.6 Å². The number of benzene rings is 3. The second-order valence-electron chi connectivity index (χ2n) is 7.37. The normalized spacial score (nSPS) is 17.5. The summed E-state index contributed by atoms with van der Waals surface area (Å²) in [5.41, 5.74) is 0.825. The average Bonchev–Trinajstić information content (AvgIpc) is 3.13. The molecule has 6 nitrogen and oxygen atoms in total. The van der Waals surface area contributed by atoms with Gasteiger partial charge in [-0.15, -0.1) is 5.10 Å². The molecule has 0 saturated heterocycles. The Labute approximate surface area is 189 Å². The van der Waals surface area contributed by atoms with Crippen LogP contribution in [0.25, 0.3) is 0 Å². The molecule has 162 valence electrons. The van der Waals surface area contributed by atoms with Gasteiger partial charge in [0.15, 0.2) is 0 Å². The topological polar surface area (TPSA) is 71.0 Å². The Kier molecular flexibility index (Phi) is 5.67. The molecule has 0 saturated carbocycles. The van der Waals surface area contributed by atoms with E-state index < -0.39 is 11.5 Å². The lowest BCUT2D eigenvalue weighted by molar-refractivity contribution is -0.146. The lowest BCUT2D eigenvalue weighted by Gasteiger charge is -2.31. The Hall–Kier alpha value is -3.71. The second-order valence-corrected chi connectivity index (χ2v) is 7.81. The molecule has 0 aromatic heterocycles. The zero-order valence-corrected chi connectivity index (χ0v) is 18.1. The van der Waals surface area contributed by atoms with Crippen molar-refractivity contribution in [3.05, 3.63) is 100 Å². The van der Waals surface area contributed by atoms with Crippen molar-refractivity contribution in [2.24, 2.45) is 5.10 Å². The summed E-state index contributed by atoms with van der Waals surface area (Å²) < 4.78 is 19.5. The van der Waals surface area contributed by atoms with Gasteiger partial charge in [-0.2, -0.15) is 5.01 Å². The molecule has 0 aliphatic carbocycles. The van der Waals surface area contributed by atoms with Gasteiger partial charge in [0.2, 0.25) is 17.5 Å². The summed E-state index contributed by atoms with van der Waals surface area (Å²) in [5.74, 6) is -0.849. The van der Waals surface area contributed by atoms with Crippen LogP contribution in [0.5, 0.6) is 0 Å². The molecule has 0 fully saturated rings. The maximum atomic E-state index is 13.4. The highest BCUT2D eigenvalue weighted by Gasteiger charge is 2.45. The summed E-state index contributed by atoms with van der Waals surface area (Å²) in [6, 6.07) is 19.2. The van der Waals surface area contributed by atoms with Gasteiger partial charge in [0.05, 0.1) is 0 Å². The van der Waals surface area contributed by atoms with Gasteiger partial charge < -0.3 is 10.1 Å². The van der Waals surface area contributed by atoms with E-state index in [-0.39, 0.29) is 17.7 Å². The highest BCUT2D eigenvalue weighted by Crippen LogP contribution is 2.36. The minimum atomic E-state index is -1.24. The van der Waals surface area contributed by atoms with Crippen LogP contribution in [0.15, 0.2) is 77.9 Å². The molecule has 8 heteroatoms. The number of rotatable bonds is 4. The zero-order valence-electron chi connectivity index (χ0n) is 17.3. The number of halogens is 2.